The summed E-state index contributed by atoms with van der Waals surface area (Å²) in [5, 5.41) is 0.857. The van der Waals surface area contributed by atoms with Gasteiger partial charge in [0.05, 0.1) is 16.8 Å². The van der Waals surface area contributed by atoms with Gasteiger partial charge in [0.1, 0.15) is 6.61 Å². The number of carbonyl (C=O) groups excluding carboxylic acids is 1. The van der Waals surface area contributed by atoms with Gasteiger partial charge < -0.3 is 4.74 Å². The zero-order valence-electron chi connectivity index (χ0n) is 17.9. The third-order valence-corrected chi connectivity index (χ3v) is 6.52. The summed E-state index contributed by atoms with van der Waals surface area (Å²) in [4.78, 5) is 19.4. The minimum atomic E-state index is -0.282. The van der Waals surface area contributed by atoms with Gasteiger partial charge in [0.15, 0.2) is 0 Å². The van der Waals surface area contributed by atoms with Crippen molar-refractivity contribution >= 4 is 40.3 Å². The lowest BCUT2D eigenvalue weighted by atomic mass is 10.0. The van der Waals surface area contributed by atoms with Gasteiger partial charge in [-0.25, -0.2) is 9.78 Å². The average Bonchev–Trinajstić information content (AvgIpc) is 3.23. The summed E-state index contributed by atoms with van der Waals surface area (Å²) in [5.41, 5.74) is 6.69. The quantitative estimate of drug-likeness (QED) is 0.254. The molecule has 3 nitrogen and oxygen atoms in total. The molecule has 4 aromatic rings. The number of allylic oxidation sites excluding steroid dienone is 1. The third-order valence-electron chi connectivity index (χ3n) is 5.79. The number of hydrogen-bond donors (Lipinski definition) is 0. The number of para-hydroxylation sites is 1. The summed E-state index contributed by atoms with van der Waals surface area (Å²) in [6, 6.07) is 26.2. The number of hydrogen-bond acceptors (Lipinski definition) is 4. The van der Waals surface area contributed by atoms with E-state index in [1.165, 1.54) is 5.57 Å². The Morgan fingerprint density at radius 1 is 1.00 bits per heavy atom. The number of aromatic nitrogens is 1. The van der Waals surface area contributed by atoms with Crippen molar-refractivity contribution in [3.63, 3.8) is 0 Å². The summed E-state index contributed by atoms with van der Waals surface area (Å²) in [5.74, 6) is -0.282. The Morgan fingerprint density at radius 2 is 1.81 bits per heavy atom. The average molecular weight is 438 g/mol. The smallest absolute Gasteiger partial charge is 0.339 e. The van der Waals surface area contributed by atoms with Crippen LogP contribution in [0, 0.1) is 0 Å². The van der Waals surface area contributed by atoms with Crippen molar-refractivity contribution in [2.75, 3.05) is 6.26 Å². The Bertz CT molecular complexity index is 1330. The van der Waals surface area contributed by atoms with Crippen molar-refractivity contribution in [3.8, 4) is 0 Å². The zero-order valence-corrected chi connectivity index (χ0v) is 18.7. The van der Waals surface area contributed by atoms with E-state index in [0.717, 1.165) is 51.0 Å². The number of nitrogens with zero attached hydrogens (tertiary/aromatic N) is 1. The molecule has 32 heavy (non-hydrogen) atoms. The minimum absolute atomic E-state index is 0.255. The summed E-state index contributed by atoms with van der Waals surface area (Å²) < 4.78 is 5.81. The largest absolute Gasteiger partial charge is 0.457 e. The highest BCUT2D eigenvalue weighted by atomic mass is 32.2. The number of rotatable bonds is 5. The third kappa shape index (κ3) is 4.06. The molecule has 0 saturated carbocycles. The number of fused-ring (bicyclic) bond motifs is 2. The summed E-state index contributed by atoms with van der Waals surface area (Å²) in [6.07, 6.45) is 5.87. The second kappa shape index (κ2) is 9.01. The number of carbonyl (C=O) groups is 1. The van der Waals surface area contributed by atoms with Gasteiger partial charge in [0.2, 0.25) is 0 Å². The molecule has 0 spiro atoms. The molecule has 3 aromatic carbocycles. The highest BCUT2D eigenvalue weighted by Crippen LogP contribution is 2.37. The number of ether oxygens (including phenoxy) is 1. The molecule has 1 heterocycles. The van der Waals surface area contributed by atoms with Gasteiger partial charge in [-0.15, -0.1) is 11.8 Å². The summed E-state index contributed by atoms with van der Waals surface area (Å²) in [7, 11) is 0. The standard InChI is InChI=1S/C28H23NO2S/c1-32-22-11-7-10-20(17-22)18-31-28(30)26-23-12-5-6-13-25(23)29-27-21(14-15-24(26)27)16-19-8-3-2-4-9-19/h2-13,16-17H,14-15,18H2,1H3/b21-16-. The molecule has 4 heteroatoms. The van der Waals surface area contributed by atoms with Crippen LogP contribution < -0.4 is 0 Å². The second-order valence-electron chi connectivity index (χ2n) is 7.84. The molecular formula is C28H23NO2S. The van der Waals surface area contributed by atoms with E-state index in [0.29, 0.717) is 5.56 Å². The van der Waals surface area contributed by atoms with Crippen molar-refractivity contribution in [3.05, 3.63) is 107 Å². The Morgan fingerprint density at radius 3 is 2.66 bits per heavy atom. The van der Waals surface area contributed by atoms with E-state index in [-0.39, 0.29) is 12.6 Å². The Hall–Kier alpha value is -3.37. The van der Waals surface area contributed by atoms with Gasteiger partial charge in [0, 0.05) is 10.3 Å². The Labute approximate surface area is 192 Å². The lowest BCUT2D eigenvalue weighted by Gasteiger charge is -2.13. The number of benzene rings is 3. The van der Waals surface area contributed by atoms with E-state index in [4.69, 9.17) is 9.72 Å². The van der Waals surface area contributed by atoms with Crippen LogP contribution in [-0.2, 0) is 17.8 Å². The topological polar surface area (TPSA) is 39.2 Å². The monoisotopic (exact) mass is 437 g/mol. The molecule has 0 amide bonds. The number of esters is 1. The van der Waals surface area contributed by atoms with E-state index >= 15 is 0 Å². The molecule has 1 aliphatic carbocycles. The molecule has 0 fully saturated rings. The molecule has 0 bridgehead atoms. The molecule has 0 unspecified atom stereocenters. The van der Waals surface area contributed by atoms with Gasteiger partial charge in [-0.3, -0.25) is 0 Å². The molecule has 0 aliphatic heterocycles. The molecule has 0 saturated heterocycles. The van der Waals surface area contributed by atoms with Crippen LogP contribution in [-0.4, -0.2) is 17.2 Å². The summed E-state index contributed by atoms with van der Waals surface area (Å²) >= 11 is 1.68. The van der Waals surface area contributed by atoms with Crippen LogP contribution in [0.25, 0.3) is 22.6 Å². The van der Waals surface area contributed by atoms with Crippen molar-refractivity contribution in [2.45, 2.75) is 24.3 Å². The SMILES string of the molecule is CSc1cccc(COC(=O)c2c3c(nc4ccccc24)/C(=C\c2ccccc2)CC3)c1. The van der Waals surface area contributed by atoms with E-state index in [1.54, 1.807) is 11.8 Å². The molecule has 5 rings (SSSR count). The fraction of sp³-hybridized carbons (Fsp3) is 0.143. The lowest BCUT2D eigenvalue weighted by molar-refractivity contribution is 0.0473. The van der Waals surface area contributed by atoms with Crippen LogP contribution in [0.3, 0.4) is 0 Å². The first-order valence-corrected chi connectivity index (χ1v) is 11.9. The normalized spacial score (nSPS) is 14.0. The van der Waals surface area contributed by atoms with Crippen LogP contribution in [0.1, 0.15) is 39.2 Å². The van der Waals surface area contributed by atoms with Crippen LogP contribution in [0.5, 0.6) is 0 Å². The first kappa shape index (κ1) is 20.5. The predicted molar refractivity (Wildman–Crippen MR) is 132 cm³/mol. The van der Waals surface area contributed by atoms with Crippen LogP contribution in [0.4, 0.5) is 0 Å². The molecule has 0 N–H and O–H groups in total. The van der Waals surface area contributed by atoms with Crippen LogP contribution in [0.2, 0.25) is 0 Å². The van der Waals surface area contributed by atoms with Gasteiger partial charge in [-0.1, -0.05) is 60.7 Å². The van der Waals surface area contributed by atoms with E-state index in [9.17, 15) is 4.79 Å². The Kier molecular flexibility index (Phi) is 5.78. The highest BCUT2D eigenvalue weighted by Gasteiger charge is 2.27. The maximum atomic E-state index is 13.3. The van der Waals surface area contributed by atoms with E-state index < -0.39 is 0 Å². The lowest BCUT2D eigenvalue weighted by Crippen LogP contribution is -2.10. The van der Waals surface area contributed by atoms with Gasteiger partial charge >= 0.3 is 5.97 Å². The van der Waals surface area contributed by atoms with E-state index in [1.807, 2.05) is 60.9 Å². The molecule has 158 valence electrons. The predicted octanol–water partition coefficient (Wildman–Crippen LogP) is 6.80. The second-order valence-corrected chi connectivity index (χ2v) is 8.72. The maximum Gasteiger partial charge on any atom is 0.339 e. The van der Waals surface area contributed by atoms with Crippen molar-refractivity contribution in [1.29, 1.82) is 0 Å². The fourth-order valence-electron chi connectivity index (χ4n) is 4.25. The van der Waals surface area contributed by atoms with Gasteiger partial charge in [-0.2, -0.15) is 0 Å². The maximum absolute atomic E-state index is 13.3. The fourth-order valence-corrected chi connectivity index (χ4v) is 4.73. The van der Waals surface area contributed by atoms with Crippen LogP contribution in [0.15, 0.2) is 83.8 Å². The minimum Gasteiger partial charge on any atom is -0.457 e. The number of thioether (sulfide) groups is 1. The van der Waals surface area contributed by atoms with Gasteiger partial charge in [-0.05, 0) is 65.6 Å². The first-order valence-electron chi connectivity index (χ1n) is 10.7. The zero-order chi connectivity index (χ0) is 21.9. The van der Waals surface area contributed by atoms with Gasteiger partial charge in [0.25, 0.3) is 0 Å². The van der Waals surface area contributed by atoms with Crippen molar-refractivity contribution < 1.29 is 9.53 Å². The van der Waals surface area contributed by atoms with E-state index in [2.05, 4.69) is 30.3 Å². The Balaban J connectivity index is 1.53. The van der Waals surface area contributed by atoms with Crippen LogP contribution >= 0.6 is 11.8 Å². The molecular weight excluding hydrogens is 414 g/mol. The molecule has 0 radical (unpaired) electrons. The first-order chi connectivity index (χ1) is 15.7. The van der Waals surface area contributed by atoms with Crippen molar-refractivity contribution in [2.24, 2.45) is 0 Å². The number of pyridine rings is 1. The summed E-state index contributed by atoms with van der Waals surface area (Å²) in [6.45, 7) is 0.255. The molecule has 0 atom stereocenters. The molecule has 1 aliphatic rings. The highest BCUT2D eigenvalue weighted by molar-refractivity contribution is 7.98. The molecule has 1 aromatic heterocycles. The van der Waals surface area contributed by atoms with Crippen molar-refractivity contribution in [1.82, 2.24) is 4.98 Å².